The second-order valence-corrected chi connectivity index (χ2v) is 8.86. The topological polar surface area (TPSA) is 37.2 Å². The van der Waals surface area contributed by atoms with Crippen LogP contribution in [0.3, 0.4) is 0 Å². The maximum atomic E-state index is 4.97. The van der Waals surface area contributed by atoms with E-state index in [4.69, 9.17) is 10.1 Å². The number of pyridine rings is 1. The molecule has 6 rings (SSSR count). The second-order valence-electron chi connectivity index (χ2n) is 8.86. The van der Waals surface area contributed by atoms with E-state index in [1.54, 1.807) is 0 Å². The number of anilines is 2. The molecule has 33 heavy (non-hydrogen) atoms. The molecule has 0 unspecified atom stereocenters. The van der Waals surface area contributed by atoms with Crippen LogP contribution in [0.25, 0.3) is 33.8 Å². The Balaban J connectivity index is 1.39. The van der Waals surface area contributed by atoms with E-state index in [9.17, 15) is 0 Å². The largest absolute Gasteiger partial charge is 0.357 e. The Kier molecular flexibility index (Phi) is 4.75. The monoisotopic (exact) mass is 433 g/mol. The highest BCUT2D eigenvalue weighted by Crippen LogP contribution is 2.39. The Bertz CT molecular complexity index is 1310. The summed E-state index contributed by atoms with van der Waals surface area (Å²) < 4.78 is 2.03. The summed E-state index contributed by atoms with van der Waals surface area (Å²) in [6.07, 6.45) is 5.83. The quantitative estimate of drug-likeness (QED) is 0.396. The number of aromatic nitrogens is 3. The molecule has 2 aliphatic heterocycles. The third-order valence-corrected chi connectivity index (χ3v) is 6.81. The highest BCUT2D eigenvalue weighted by molar-refractivity contribution is 5.87. The first kappa shape index (κ1) is 19.8. The molecule has 0 radical (unpaired) electrons. The lowest BCUT2D eigenvalue weighted by Gasteiger charge is -2.30. The Morgan fingerprint density at radius 2 is 1.61 bits per heavy atom. The number of rotatable bonds is 3. The lowest BCUT2D eigenvalue weighted by molar-refractivity contribution is 0.573. The van der Waals surface area contributed by atoms with Gasteiger partial charge < -0.3 is 9.80 Å². The first-order valence-corrected chi connectivity index (χ1v) is 11.6. The maximum absolute atomic E-state index is 4.97. The van der Waals surface area contributed by atoms with Crippen LogP contribution in [0.15, 0.2) is 79.5 Å². The molecule has 0 bridgehead atoms. The lowest BCUT2D eigenvalue weighted by atomic mass is 10.0. The molecular weight excluding hydrogens is 406 g/mol. The van der Waals surface area contributed by atoms with E-state index in [0.717, 1.165) is 64.1 Å². The van der Waals surface area contributed by atoms with Gasteiger partial charge in [0.1, 0.15) is 11.6 Å². The van der Waals surface area contributed by atoms with Gasteiger partial charge in [-0.2, -0.15) is 5.10 Å². The average Bonchev–Trinajstić information content (AvgIpc) is 3.34. The Morgan fingerprint density at radius 1 is 0.818 bits per heavy atom. The van der Waals surface area contributed by atoms with E-state index >= 15 is 0 Å². The summed E-state index contributed by atoms with van der Waals surface area (Å²) in [5, 5.41) is 4.97. The maximum Gasteiger partial charge on any atom is 0.137 e. The minimum atomic E-state index is 0.955. The summed E-state index contributed by atoms with van der Waals surface area (Å²) in [5.41, 5.74) is 7.42. The van der Waals surface area contributed by atoms with Gasteiger partial charge in [0.2, 0.25) is 0 Å². The van der Waals surface area contributed by atoms with Crippen molar-refractivity contribution in [1.29, 1.82) is 0 Å². The van der Waals surface area contributed by atoms with Crippen molar-refractivity contribution in [2.75, 3.05) is 29.9 Å². The molecule has 0 saturated carbocycles. The number of piperidine rings is 1. The first-order chi connectivity index (χ1) is 16.2. The van der Waals surface area contributed by atoms with Gasteiger partial charge in [-0.1, -0.05) is 49.0 Å². The fourth-order valence-corrected chi connectivity index (χ4v) is 4.85. The molecule has 2 aromatic heterocycles. The number of hydrogen-bond acceptors (Lipinski definition) is 4. The van der Waals surface area contributed by atoms with Crippen molar-refractivity contribution in [1.82, 2.24) is 14.8 Å². The van der Waals surface area contributed by atoms with Crippen molar-refractivity contribution in [2.45, 2.75) is 19.3 Å². The molecule has 1 fully saturated rings. The smallest absolute Gasteiger partial charge is 0.137 e. The molecule has 0 N–H and O–H groups in total. The summed E-state index contributed by atoms with van der Waals surface area (Å²) in [7, 11) is 2.05. The van der Waals surface area contributed by atoms with Crippen LogP contribution in [0.4, 0.5) is 11.6 Å². The van der Waals surface area contributed by atoms with Crippen molar-refractivity contribution in [3.63, 3.8) is 0 Å². The molecule has 0 amide bonds. The van der Waals surface area contributed by atoms with E-state index in [2.05, 4.69) is 64.9 Å². The fraction of sp³-hybridized carbons (Fsp3) is 0.214. The molecule has 0 aliphatic carbocycles. The molecule has 5 nitrogen and oxygen atoms in total. The van der Waals surface area contributed by atoms with Crippen LogP contribution in [0.5, 0.6) is 0 Å². The van der Waals surface area contributed by atoms with E-state index in [1.807, 2.05) is 36.1 Å². The minimum absolute atomic E-state index is 0.955. The van der Waals surface area contributed by atoms with Crippen molar-refractivity contribution in [3.05, 3.63) is 85.1 Å². The van der Waals surface area contributed by atoms with Gasteiger partial charge >= 0.3 is 0 Å². The van der Waals surface area contributed by atoms with E-state index in [0.29, 0.717) is 0 Å². The molecular formula is C28H27N5. The summed E-state index contributed by atoms with van der Waals surface area (Å²) in [6.45, 7) is 6.56. The molecule has 164 valence electrons. The minimum Gasteiger partial charge on any atom is -0.357 e. The van der Waals surface area contributed by atoms with E-state index < -0.39 is 0 Å². The van der Waals surface area contributed by atoms with Gasteiger partial charge in [0.05, 0.1) is 11.4 Å². The number of nitrogens with zero attached hydrogens (tertiary/aromatic N) is 5. The third-order valence-electron chi connectivity index (χ3n) is 6.81. The second kappa shape index (κ2) is 7.93. The van der Waals surface area contributed by atoms with Crippen molar-refractivity contribution < 1.29 is 0 Å². The normalized spacial score (nSPS) is 15.4. The Labute approximate surface area is 194 Å². The zero-order valence-corrected chi connectivity index (χ0v) is 18.9. The van der Waals surface area contributed by atoms with E-state index in [1.165, 1.54) is 19.3 Å². The lowest BCUT2D eigenvalue weighted by Crippen LogP contribution is -2.29. The van der Waals surface area contributed by atoms with Crippen LogP contribution in [-0.4, -0.2) is 34.9 Å². The molecule has 4 aromatic rings. The Morgan fingerprint density at radius 3 is 2.36 bits per heavy atom. The van der Waals surface area contributed by atoms with Gasteiger partial charge in [-0.15, -0.1) is 0 Å². The molecule has 0 spiro atoms. The summed E-state index contributed by atoms with van der Waals surface area (Å²) in [6, 6.07) is 23.3. The fourth-order valence-electron chi connectivity index (χ4n) is 4.85. The van der Waals surface area contributed by atoms with Gasteiger partial charge in [-0.25, -0.2) is 9.67 Å². The van der Waals surface area contributed by atoms with Gasteiger partial charge in [-0.05, 0) is 43.0 Å². The predicted molar refractivity (Wildman–Crippen MR) is 136 cm³/mol. The highest BCUT2D eigenvalue weighted by Gasteiger charge is 2.26. The Hall–Kier alpha value is -3.86. The van der Waals surface area contributed by atoms with Gasteiger partial charge in [0, 0.05) is 54.8 Å². The molecule has 0 atom stereocenters. The van der Waals surface area contributed by atoms with Gasteiger partial charge in [0.25, 0.3) is 0 Å². The van der Waals surface area contributed by atoms with Crippen LogP contribution < -0.4 is 9.80 Å². The van der Waals surface area contributed by atoms with Crippen LogP contribution >= 0.6 is 0 Å². The SMILES string of the molecule is C=C1c2ccc(-c3ccc(N4CCCCC4)nc3)cc2-n2nc(-c3ccccc3)cc2N1C. The molecule has 4 heterocycles. The van der Waals surface area contributed by atoms with Crippen molar-refractivity contribution in [3.8, 4) is 28.1 Å². The van der Waals surface area contributed by atoms with Crippen LogP contribution in [0, 0.1) is 0 Å². The summed E-state index contributed by atoms with van der Waals surface area (Å²) >= 11 is 0. The standard InChI is InChI=1S/C28H27N5/c1-20-24-13-11-22(23-12-14-27(29-19-23)32-15-7-4-8-16-32)17-26(24)33-28(31(20)2)18-25(30-33)21-9-5-3-6-10-21/h3,5-6,9-14,17-19H,1,4,7-8,15-16H2,2H3. The molecule has 1 saturated heterocycles. The van der Waals surface area contributed by atoms with Crippen molar-refractivity contribution in [2.24, 2.45) is 0 Å². The number of hydrogen-bond donors (Lipinski definition) is 0. The van der Waals surface area contributed by atoms with Crippen LogP contribution in [0.1, 0.15) is 24.8 Å². The van der Waals surface area contributed by atoms with E-state index in [-0.39, 0.29) is 0 Å². The van der Waals surface area contributed by atoms with Gasteiger partial charge in [0.15, 0.2) is 0 Å². The number of fused-ring (bicyclic) bond motifs is 3. The van der Waals surface area contributed by atoms with Gasteiger partial charge in [-0.3, -0.25) is 0 Å². The average molecular weight is 434 g/mol. The van der Waals surface area contributed by atoms with Crippen molar-refractivity contribution >= 4 is 17.3 Å². The summed E-state index contributed by atoms with van der Waals surface area (Å²) in [4.78, 5) is 9.28. The predicted octanol–water partition coefficient (Wildman–Crippen LogP) is 6.01. The molecule has 2 aliphatic rings. The summed E-state index contributed by atoms with van der Waals surface area (Å²) in [5.74, 6) is 2.09. The van der Waals surface area contributed by atoms with Crippen LogP contribution in [-0.2, 0) is 0 Å². The highest BCUT2D eigenvalue weighted by atomic mass is 15.4. The molecule has 2 aromatic carbocycles. The number of benzene rings is 2. The first-order valence-electron chi connectivity index (χ1n) is 11.6. The zero-order valence-electron chi connectivity index (χ0n) is 18.9. The third kappa shape index (κ3) is 3.41. The van der Waals surface area contributed by atoms with Crippen LogP contribution in [0.2, 0.25) is 0 Å². The zero-order chi connectivity index (χ0) is 22.4. The molecule has 5 heteroatoms.